The maximum Gasteiger partial charge on any atom is 0.336 e. The molecule has 2 aliphatic rings. The number of esters is 1. The number of rotatable bonds is 4. The first-order valence-corrected chi connectivity index (χ1v) is 10.9. The van der Waals surface area contributed by atoms with E-state index in [1.807, 2.05) is 37.3 Å². The lowest BCUT2D eigenvalue weighted by molar-refractivity contribution is -0.138. The van der Waals surface area contributed by atoms with Gasteiger partial charge in [0.05, 0.1) is 23.1 Å². The molecule has 0 fully saturated rings. The molecule has 0 radical (unpaired) electrons. The van der Waals surface area contributed by atoms with Crippen LogP contribution in [0.3, 0.4) is 0 Å². The molecule has 0 saturated carbocycles. The summed E-state index contributed by atoms with van der Waals surface area (Å²) in [5.41, 5.74) is 3.15. The van der Waals surface area contributed by atoms with Crippen LogP contribution in [0.4, 0.5) is 0 Å². The van der Waals surface area contributed by atoms with E-state index < -0.39 is 11.9 Å². The van der Waals surface area contributed by atoms with E-state index in [9.17, 15) is 9.59 Å². The fourth-order valence-corrected chi connectivity index (χ4v) is 4.74. The summed E-state index contributed by atoms with van der Waals surface area (Å²) in [6.45, 7) is 8.01. The van der Waals surface area contributed by atoms with Gasteiger partial charge in [-0.25, -0.2) is 4.79 Å². The fraction of sp³-hybridized carbons (Fsp3) is 0.360. The van der Waals surface area contributed by atoms with Crippen molar-refractivity contribution in [1.82, 2.24) is 5.32 Å². The molecule has 1 atom stereocenters. The minimum atomic E-state index is -0.616. The monoisotopic (exact) mass is 439 g/mol. The first-order valence-electron chi connectivity index (χ1n) is 10.5. The summed E-state index contributed by atoms with van der Waals surface area (Å²) in [5.74, 6) is 0.0753. The minimum absolute atomic E-state index is 0.0220. The van der Waals surface area contributed by atoms with Crippen molar-refractivity contribution < 1.29 is 18.7 Å². The number of Topliss-reactive ketones (excluding diaryl/α,β-unsaturated/α-hetero) is 1. The third-order valence-electron chi connectivity index (χ3n) is 5.79. The van der Waals surface area contributed by atoms with Crippen molar-refractivity contribution in [3.05, 3.63) is 69.7 Å². The van der Waals surface area contributed by atoms with Gasteiger partial charge in [0, 0.05) is 29.0 Å². The van der Waals surface area contributed by atoms with E-state index in [4.69, 9.17) is 20.8 Å². The zero-order valence-electron chi connectivity index (χ0n) is 18.2. The maximum absolute atomic E-state index is 13.3. The van der Waals surface area contributed by atoms with Gasteiger partial charge >= 0.3 is 5.97 Å². The number of hydrogen-bond donors (Lipinski definition) is 1. The van der Waals surface area contributed by atoms with Gasteiger partial charge in [-0.1, -0.05) is 37.6 Å². The molecule has 0 unspecified atom stereocenters. The van der Waals surface area contributed by atoms with E-state index in [0.717, 1.165) is 17.7 Å². The Balaban J connectivity index is 1.85. The Bertz CT molecular complexity index is 1120. The summed E-state index contributed by atoms with van der Waals surface area (Å²) < 4.78 is 11.5. The minimum Gasteiger partial charge on any atom is -0.463 e. The summed E-state index contributed by atoms with van der Waals surface area (Å²) in [6, 6.07) is 11.1. The first-order chi connectivity index (χ1) is 14.7. The molecule has 4 rings (SSSR count). The number of nitrogens with one attached hydrogen (secondary N) is 1. The van der Waals surface area contributed by atoms with Crippen molar-refractivity contribution in [1.29, 1.82) is 0 Å². The Hall–Kier alpha value is -2.79. The SMILES string of the molecule is CCOC(=O)C1=C(C)NC2=C(C(=O)CC(C)(C)C2)[C@@H]1c1ccc(-c2ccccc2Cl)o1. The van der Waals surface area contributed by atoms with Gasteiger partial charge in [0.2, 0.25) is 0 Å². The summed E-state index contributed by atoms with van der Waals surface area (Å²) in [4.78, 5) is 26.2. The van der Waals surface area contributed by atoms with Gasteiger partial charge in [0.15, 0.2) is 5.78 Å². The Morgan fingerprint density at radius 1 is 1.23 bits per heavy atom. The number of carbonyl (C=O) groups is 2. The molecule has 0 saturated heterocycles. The highest BCUT2D eigenvalue weighted by Gasteiger charge is 2.44. The van der Waals surface area contributed by atoms with Crippen LogP contribution in [0.25, 0.3) is 11.3 Å². The molecule has 6 heteroatoms. The summed E-state index contributed by atoms with van der Waals surface area (Å²) >= 11 is 6.35. The Labute approximate surface area is 187 Å². The second-order valence-electron chi connectivity index (χ2n) is 8.83. The summed E-state index contributed by atoms with van der Waals surface area (Å²) in [5, 5.41) is 3.89. The molecule has 5 nitrogen and oxygen atoms in total. The van der Waals surface area contributed by atoms with Crippen LogP contribution >= 0.6 is 11.6 Å². The van der Waals surface area contributed by atoms with E-state index in [2.05, 4.69) is 19.2 Å². The van der Waals surface area contributed by atoms with E-state index in [1.165, 1.54) is 0 Å². The molecule has 1 aliphatic carbocycles. The smallest absolute Gasteiger partial charge is 0.336 e. The number of benzene rings is 1. The lowest BCUT2D eigenvalue weighted by atomic mass is 9.69. The van der Waals surface area contributed by atoms with Gasteiger partial charge in [-0.3, -0.25) is 4.79 Å². The number of halogens is 1. The van der Waals surface area contributed by atoms with Crippen molar-refractivity contribution in [2.45, 2.75) is 46.5 Å². The van der Waals surface area contributed by atoms with Gasteiger partial charge in [-0.15, -0.1) is 0 Å². The number of carbonyl (C=O) groups excluding carboxylic acids is 2. The first kappa shape index (κ1) is 21.4. The molecule has 2 aromatic rings. The number of hydrogen-bond acceptors (Lipinski definition) is 5. The van der Waals surface area contributed by atoms with Crippen molar-refractivity contribution >= 4 is 23.4 Å². The molecule has 1 N–H and O–H groups in total. The summed E-state index contributed by atoms with van der Waals surface area (Å²) in [7, 11) is 0. The Kier molecular flexibility index (Phi) is 5.56. The third kappa shape index (κ3) is 3.94. The second-order valence-corrected chi connectivity index (χ2v) is 9.24. The van der Waals surface area contributed by atoms with Gasteiger partial charge < -0.3 is 14.5 Å². The second kappa shape index (κ2) is 8.04. The molecular weight excluding hydrogens is 414 g/mol. The lowest BCUT2D eigenvalue weighted by Gasteiger charge is -2.38. The number of furan rings is 1. The Morgan fingerprint density at radius 2 is 1.97 bits per heavy atom. The van der Waals surface area contributed by atoms with Crippen LogP contribution in [0.1, 0.15) is 52.2 Å². The van der Waals surface area contributed by atoms with Crippen molar-refractivity contribution in [2.75, 3.05) is 6.61 Å². The van der Waals surface area contributed by atoms with Crippen LogP contribution in [-0.2, 0) is 14.3 Å². The highest BCUT2D eigenvalue weighted by atomic mass is 35.5. The topological polar surface area (TPSA) is 68.5 Å². The van der Waals surface area contributed by atoms with E-state index in [1.54, 1.807) is 13.0 Å². The van der Waals surface area contributed by atoms with Crippen molar-refractivity contribution in [3.63, 3.8) is 0 Å². The van der Waals surface area contributed by atoms with Crippen LogP contribution in [-0.4, -0.2) is 18.4 Å². The molecule has 162 valence electrons. The average Bonchev–Trinajstić information content (AvgIpc) is 3.16. The van der Waals surface area contributed by atoms with Gasteiger partial charge in [0.25, 0.3) is 0 Å². The van der Waals surface area contributed by atoms with Crippen LogP contribution in [0.15, 0.2) is 63.4 Å². The molecule has 2 heterocycles. The molecule has 1 aromatic heterocycles. The highest BCUT2D eigenvalue weighted by Crippen LogP contribution is 2.47. The van der Waals surface area contributed by atoms with Crippen LogP contribution in [0.2, 0.25) is 5.02 Å². The summed E-state index contributed by atoms with van der Waals surface area (Å²) in [6.07, 6.45) is 1.13. The predicted molar refractivity (Wildman–Crippen MR) is 119 cm³/mol. The molecule has 0 amide bonds. The molecule has 0 bridgehead atoms. The molecular formula is C25H26ClNO4. The normalized spacial score (nSPS) is 20.4. The van der Waals surface area contributed by atoms with Crippen molar-refractivity contribution in [3.8, 4) is 11.3 Å². The van der Waals surface area contributed by atoms with Gasteiger partial charge in [-0.05, 0) is 49.9 Å². The third-order valence-corrected chi connectivity index (χ3v) is 6.12. The fourth-order valence-electron chi connectivity index (χ4n) is 4.51. The molecule has 0 spiro atoms. The Morgan fingerprint density at radius 3 is 2.68 bits per heavy atom. The van der Waals surface area contributed by atoms with Gasteiger partial charge in [0.1, 0.15) is 11.5 Å². The van der Waals surface area contributed by atoms with E-state index >= 15 is 0 Å². The number of dihydropyridines is 1. The lowest BCUT2D eigenvalue weighted by Crippen LogP contribution is -2.38. The molecule has 1 aliphatic heterocycles. The molecule has 1 aromatic carbocycles. The van der Waals surface area contributed by atoms with E-state index in [0.29, 0.717) is 39.8 Å². The van der Waals surface area contributed by atoms with Crippen LogP contribution in [0.5, 0.6) is 0 Å². The van der Waals surface area contributed by atoms with Crippen molar-refractivity contribution in [2.24, 2.45) is 5.41 Å². The maximum atomic E-state index is 13.3. The largest absolute Gasteiger partial charge is 0.463 e. The molecule has 31 heavy (non-hydrogen) atoms. The number of ether oxygens (including phenoxy) is 1. The number of ketones is 1. The quantitative estimate of drug-likeness (QED) is 0.612. The van der Waals surface area contributed by atoms with Crippen LogP contribution < -0.4 is 5.32 Å². The number of allylic oxidation sites excluding steroid dienone is 3. The zero-order chi connectivity index (χ0) is 22.3. The zero-order valence-corrected chi connectivity index (χ0v) is 18.9. The van der Waals surface area contributed by atoms with Crippen LogP contribution in [0, 0.1) is 5.41 Å². The average molecular weight is 440 g/mol. The highest BCUT2D eigenvalue weighted by molar-refractivity contribution is 6.33. The standard InChI is InChI=1S/C25H26ClNO4/c1-5-30-24(29)21-14(2)27-17-12-25(3,4)13-18(28)22(17)23(21)20-11-10-19(31-20)15-8-6-7-9-16(15)26/h6-11,23,27H,5,12-13H2,1-4H3/t23-/m1/s1. The predicted octanol–water partition coefficient (Wildman–Crippen LogP) is 5.77. The van der Waals surface area contributed by atoms with Gasteiger partial charge in [-0.2, -0.15) is 0 Å². The van der Waals surface area contributed by atoms with E-state index in [-0.39, 0.29) is 17.8 Å².